The molecular formula is C10H18N4O2S. The van der Waals surface area contributed by atoms with Gasteiger partial charge in [-0.15, -0.1) is 0 Å². The van der Waals surface area contributed by atoms with Gasteiger partial charge in [-0.2, -0.15) is 15.0 Å². The molecule has 0 aliphatic rings. The summed E-state index contributed by atoms with van der Waals surface area (Å²) in [6.07, 6.45) is 1.63. The summed E-state index contributed by atoms with van der Waals surface area (Å²) in [6, 6.07) is 0.345. The van der Waals surface area contributed by atoms with Crippen LogP contribution in [0.3, 0.4) is 0 Å². The number of thioether (sulfide) groups is 1. The van der Waals surface area contributed by atoms with Crippen molar-refractivity contribution in [3.8, 4) is 6.01 Å². The van der Waals surface area contributed by atoms with Crippen LogP contribution < -0.4 is 10.1 Å². The molecule has 0 saturated heterocycles. The predicted molar refractivity (Wildman–Crippen MR) is 67.6 cm³/mol. The van der Waals surface area contributed by atoms with Crippen molar-refractivity contribution in [2.24, 2.45) is 0 Å². The lowest BCUT2D eigenvalue weighted by Crippen LogP contribution is -2.06. The summed E-state index contributed by atoms with van der Waals surface area (Å²) >= 11 is 1.48. The van der Waals surface area contributed by atoms with Crippen LogP contribution in [0.2, 0.25) is 0 Å². The van der Waals surface area contributed by atoms with Crippen LogP contribution in [-0.2, 0) is 0 Å². The SMILES string of the molecule is CCCOc1nc(NC)nc(SCCCO)n1. The molecule has 0 amide bonds. The Morgan fingerprint density at radius 2 is 2.18 bits per heavy atom. The van der Waals surface area contributed by atoms with Crippen molar-refractivity contribution in [1.29, 1.82) is 0 Å². The zero-order valence-electron chi connectivity index (χ0n) is 10.1. The summed E-state index contributed by atoms with van der Waals surface area (Å²) in [6.45, 7) is 2.79. The molecule has 0 fully saturated rings. The van der Waals surface area contributed by atoms with E-state index in [1.54, 1.807) is 7.05 Å². The van der Waals surface area contributed by atoms with Crippen LogP contribution in [-0.4, -0.2) is 46.1 Å². The number of aliphatic hydroxyl groups is 1. The standard InChI is InChI=1S/C10H18N4O2S/c1-3-6-16-9-12-8(11-2)13-10(14-9)17-7-4-5-15/h15H,3-7H2,1-2H3,(H,11,12,13,14). The lowest BCUT2D eigenvalue weighted by molar-refractivity contribution is 0.288. The van der Waals surface area contributed by atoms with E-state index in [1.165, 1.54) is 11.8 Å². The summed E-state index contributed by atoms with van der Waals surface area (Å²) in [5, 5.41) is 12.2. The molecule has 0 saturated carbocycles. The minimum absolute atomic E-state index is 0.177. The van der Waals surface area contributed by atoms with Crippen molar-refractivity contribution >= 4 is 17.7 Å². The topological polar surface area (TPSA) is 80.2 Å². The van der Waals surface area contributed by atoms with E-state index >= 15 is 0 Å². The summed E-state index contributed by atoms with van der Waals surface area (Å²) in [4.78, 5) is 12.5. The number of hydrogen-bond acceptors (Lipinski definition) is 7. The highest BCUT2D eigenvalue weighted by Gasteiger charge is 2.06. The highest BCUT2D eigenvalue weighted by atomic mass is 32.2. The molecule has 2 N–H and O–H groups in total. The van der Waals surface area contributed by atoms with Gasteiger partial charge in [-0.1, -0.05) is 18.7 Å². The molecule has 0 bridgehead atoms. The summed E-state index contributed by atoms with van der Waals surface area (Å²) < 4.78 is 5.38. The molecule has 0 aliphatic carbocycles. The van der Waals surface area contributed by atoms with E-state index in [4.69, 9.17) is 9.84 Å². The fraction of sp³-hybridized carbons (Fsp3) is 0.700. The second-order valence-electron chi connectivity index (χ2n) is 3.25. The van der Waals surface area contributed by atoms with E-state index < -0.39 is 0 Å². The first kappa shape index (κ1) is 14.0. The third-order valence-corrected chi connectivity index (χ3v) is 2.72. The highest BCUT2D eigenvalue weighted by molar-refractivity contribution is 7.99. The maximum atomic E-state index is 8.71. The van der Waals surface area contributed by atoms with E-state index in [0.717, 1.165) is 18.6 Å². The summed E-state index contributed by atoms with van der Waals surface area (Å²) in [5.74, 6) is 1.27. The van der Waals surface area contributed by atoms with E-state index in [-0.39, 0.29) is 6.61 Å². The maximum Gasteiger partial charge on any atom is 0.322 e. The molecule has 1 aromatic heterocycles. The largest absolute Gasteiger partial charge is 0.463 e. The summed E-state index contributed by atoms with van der Waals surface area (Å²) in [7, 11) is 1.75. The number of hydrogen-bond donors (Lipinski definition) is 2. The molecule has 0 atom stereocenters. The molecule has 0 aliphatic heterocycles. The number of nitrogens with zero attached hydrogens (tertiary/aromatic N) is 3. The molecule has 0 aromatic carbocycles. The van der Waals surface area contributed by atoms with Gasteiger partial charge in [0.25, 0.3) is 0 Å². The molecule has 17 heavy (non-hydrogen) atoms. The number of aliphatic hydroxyl groups excluding tert-OH is 1. The molecule has 0 spiro atoms. The second-order valence-corrected chi connectivity index (χ2v) is 4.31. The maximum absolute atomic E-state index is 8.71. The second kappa shape index (κ2) is 8.08. The van der Waals surface area contributed by atoms with Gasteiger partial charge >= 0.3 is 6.01 Å². The Labute approximate surface area is 105 Å². The first-order valence-corrected chi connectivity index (χ1v) is 6.59. The molecule has 0 unspecified atom stereocenters. The minimum Gasteiger partial charge on any atom is -0.463 e. The quantitative estimate of drug-likeness (QED) is 0.535. The first-order chi connectivity index (χ1) is 8.30. The molecule has 6 nitrogen and oxygen atoms in total. The van der Waals surface area contributed by atoms with Crippen LogP contribution in [0.15, 0.2) is 5.16 Å². The Morgan fingerprint density at radius 1 is 1.35 bits per heavy atom. The number of nitrogens with one attached hydrogen (secondary N) is 1. The zero-order chi connectivity index (χ0) is 12.5. The minimum atomic E-state index is 0.177. The zero-order valence-corrected chi connectivity index (χ0v) is 11.0. The van der Waals surface area contributed by atoms with Gasteiger partial charge in [0.15, 0.2) is 5.16 Å². The number of aromatic nitrogens is 3. The molecular weight excluding hydrogens is 240 g/mol. The van der Waals surface area contributed by atoms with E-state index in [2.05, 4.69) is 20.3 Å². The van der Waals surface area contributed by atoms with Gasteiger partial charge in [0, 0.05) is 19.4 Å². The van der Waals surface area contributed by atoms with Gasteiger partial charge in [-0.05, 0) is 12.8 Å². The number of anilines is 1. The number of ether oxygens (including phenoxy) is 1. The normalized spacial score (nSPS) is 10.3. The Balaban J connectivity index is 2.67. The number of rotatable bonds is 8. The Bertz CT molecular complexity index is 338. The monoisotopic (exact) mass is 258 g/mol. The molecule has 0 radical (unpaired) electrons. The fourth-order valence-electron chi connectivity index (χ4n) is 1.00. The van der Waals surface area contributed by atoms with Crippen molar-refractivity contribution in [3.05, 3.63) is 0 Å². The Kier molecular flexibility index (Phi) is 6.64. The lowest BCUT2D eigenvalue weighted by atomic mass is 10.5. The van der Waals surface area contributed by atoms with Gasteiger partial charge < -0.3 is 15.2 Å². The molecule has 1 heterocycles. The van der Waals surface area contributed by atoms with E-state index in [9.17, 15) is 0 Å². The lowest BCUT2D eigenvalue weighted by Gasteiger charge is -2.06. The fourth-order valence-corrected chi connectivity index (χ4v) is 1.75. The van der Waals surface area contributed by atoms with Crippen LogP contribution in [0.4, 0.5) is 5.95 Å². The van der Waals surface area contributed by atoms with Crippen molar-refractivity contribution in [3.63, 3.8) is 0 Å². The van der Waals surface area contributed by atoms with Crippen LogP contribution in [0.1, 0.15) is 19.8 Å². The van der Waals surface area contributed by atoms with Gasteiger partial charge in [0.2, 0.25) is 5.95 Å². The predicted octanol–water partition coefficient (Wildman–Crippen LogP) is 1.18. The first-order valence-electron chi connectivity index (χ1n) is 5.60. The van der Waals surface area contributed by atoms with Crippen LogP contribution in [0.5, 0.6) is 6.01 Å². The molecule has 1 aromatic rings. The highest BCUT2D eigenvalue weighted by Crippen LogP contribution is 2.18. The average Bonchev–Trinajstić information content (AvgIpc) is 2.36. The summed E-state index contributed by atoms with van der Waals surface area (Å²) in [5.41, 5.74) is 0. The van der Waals surface area contributed by atoms with E-state index in [0.29, 0.717) is 23.7 Å². The third kappa shape index (κ3) is 5.18. The molecule has 7 heteroatoms. The van der Waals surface area contributed by atoms with Crippen molar-refractivity contribution < 1.29 is 9.84 Å². The van der Waals surface area contributed by atoms with Crippen LogP contribution in [0, 0.1) is 0 Å². The molecule has 1 rings (SSSR count). The van der Waals surface area contributed by atoms with Gasteiger partial charge in [0.05, 0.1) is 6.61 Å². The van der Waals surface area contributed by atoms with Crippen LogP contribution in [0.25, 0.3) is 0 Å². The Morgan fingerprint density at radius 3 is 2.82 bits per heavy atom. The molecule has 96 valence electrons. The third-order valence-electron chi connectivity index (χ3n) is 1.79. The van der Waals surface area contributed by atoms with Crippen molar-refractivity contribution in [2.75, 3.05) is 31.3 Å². The van der Waals surface area contributed by atoms with E-state index in [1.807, 2.05) is 6.92 Å². The van der Waals surface area contributed by atoms with Gasteiger partial charge in [-0.25, -0.2) is 0 Å². The smallest absolute Gasteiger partial charge is 0.322 e. The van der Waals surface area contributed by atoms with Crippen molar-refractivity contribution in [2.45, 2.75) is 24.9 Å². The van der Waals surface area contributed by atoms with Gasteiger partial charge in [0.1, 0.15) is 0 Å². The van der Waals surface area contributed by atoms with Gasteiger partial charge in [-0.3, -0.25) is 0 Å². The van der Waals surface area contributed by atoms with Crippen molar-refractivity contribution in [1.82, 2.24) is 15.0 Å². The average molecular weight is 258 g/mol. The Hall–Kier alpha value is -1.08. The van der Waals surface area contributed by atoms with Crippen LogP contribution >= 0.6 is 11.8 Å².